The molecule has 0 aliphatic rings. The van der Waals surface area contributed by atoms with Gasteiger partial charge in [0.15, 0.2) is 0 Å². The third-order valence-electron chi connectivity index (χ3n) is 5.40. The number of halogens is 1. The Bertz CT molecular complexity index is 1300. The number of hydrogen-bond acceptors (Lipinski definition) is 6. The molecule has 0 fully saturated rings. The van der Waals surface area contributed by atoms with Crippen LogP contribution in [0.25, 0.3) is 11.0 Å². The number of rotatable bonds is 9. The quantitative estimate of drug-likeness (QED) is 0.331. The number of ether oxygens (including phenoxy) is 2. The highest BCUT2D eigenvalue weighted by atomic mass is 35.5. The molecular weight excluding hydrogens is 466 g/mol. The smallest absolute Gasteiger partial charge is 0.235 e. The van der Waals surface area contributed by atoms with E-state index in [-0.39, 0.29) is 30.2 Å². The third-order valence-corrected chi connectivity index (χ3v) is 5.40. The highest BCUT2D eigenvalue weighted by Gasteiger charge is 2.13. The van der Waals surface area contributed by atoms with Crippen LogP contribution >= 0.6 is 12.4 Å². The van der Waals surface area contributed by atoms with Crippen molar-refractivity contribution in [3.8, 4) is 17.2 Å². The van der Waals surface area contributed by atoms with Crippen molar-refractivity contribution in [3.63, 3.8) is 0 Å². The largest absolute Gasteiger partial charge is 0.491 e. The van der Waals surface area contributed by atoms with Crippen LogP contribution < -0.4 is 14.9 Å². The zero-order valence-corrected chi connectivity index (χ0v) is 20.9. The fraction of sp³-hybridized carbons (Fsp3) is 0.250. The summed E-state index contributed by atoms with van der Waals surface area (Å²) in [6, 6.07) is 20.9. The minimum absolute atomic E-state index is 0. The number of aryl methyl sites for hydroxylation is 2. The predicted octanol–water partition coefficient (Wildman–Crippen LogP) is 5.50. The Hall–Kier alpha value is -3.32. The molecule has 1 aromatic heterocycles. The number of hydrogen-bond donors (Lipinski definition) is 1. The van der Waals surface area contributed by atoms with Crippen molar-refractivity contribution >= 4 is 23.4 Å². The summed E-state index contributed by atoms with van der Waals surface area (Å²) in [4.78, 5) is 14.9. The van der Waals surface area contributed by atoms with Crippen LogP contribution in [0.4, 0.5) is 0 Å². The number of fused-ring (bicyclic) bond motifs is 1. The molecule has 0 saturated heterocycles. The molecule has 35 heavy (non-hydrogen) atoms. The van der Waals surface area contributed by atoms with Gasteiger partial charge in [-0.3, -0.25) is 9.69 Å². The normalized spacial score (nSPS) is 11.8. The highest BCUT2D eigenvalue weighted by molar-refractivity contribution is 5.85. The molecule has 184 valence electrons. The van der Waals surface area contributed by atoms with Crippen molar-refractivity contribution in [1.82, 2.24) is 4.90 Å². The minimum Gasteiger partial charge on any atom is -0.491 e. The molecule has 0 aliphatic carbocycles. The second kappa shape index (κ2) is 11.9. The van der Waals surface area contributed by atoms with Crippen LogP contribution in [0.5, 0.6) is 17.2 Å². The molecule has 0 saturated carbocycles. The molecule has 4 aromatic rings. The Kier molecular flexibility index (Phi) is 8.93. The molecule has 0 radical (unpaired) electrons. The molecule has 1 heterocycles. The molecule has 1 unspecified atom stereocenters. The maximum Gasteiger partial charge on any atom is 0.235 e. The molecule has 0 aliphatic heterocycles. The van der Waals surface area contributed by atoms with Gasteiger partial charge in [0, 0.05) is 19.2 Å². The molecule has 4 rings (SSSR count). The molecule has 3 aromatic carbocycles. The van der Waals surface area contributed by atoms with Crippen LogP contribution in [0, 0.1) is 13.8 Å². The Morgan fingerprint density at radius 2 is 1.69 bits per heavy atom. The zero-order valence-electron chi connectivity index (χ0n) is 20.1. The maximum absolute atomic E-state index is 12.9. The van der Waals surface area contributed by atoms with Crippen LogP contribution in [0.15, 0.2) is 82.2 Å². The van der Waals surface area contributed by atoms with Crippen molar-refractivity contribution in [1.29, 1.82) is 0 Å². The van der Waals surface area contributed by atoms with E-state index in [0.29, 0.717) is 29.0 Å². The average Bonchev–Trinajstić information content (AvgIpc) is 2.79. The number of aliphatic hydroxyl groups is 1. The van der Waals surface area contributed by atoms with E-state index in [4.69, 9.17) is 13.9 Å². The number of benzene rings is 3. The van der Waals surface area contributed by atoms with E-state index in [0.717, 1.165) is 17.7 Å². The van der Waals surface area contributed by atoms with Gasteiger partial charge in [-0.15, -0.1) is 12.4 Å². The zero-order chi connectivity index (χ0) is 24.1. The van der Waals surface area contributed by atoms with Gasteiger partial charge in [-0.2, -0.15) is 0 Å². The first-order chi connectivity index (χ1) is 16.4. The van der Waals surface area contributed by atoms with E-state index in [9.17, 15) is 9.90 Å². The van der Waals surface area contributed by atoms with Gasteiger partial charge in [0.05, 0.1) is 5.39 Å². The van der Waals surface area contributed by atoms with Crippen LogP contribution in [0.1, 0.15) is 16.7 Å². The summed E-state index contributed by atoms with van der Waals surface area (Å²) in [5.74, 6) is 1.24. The van der Waals surface area contributed by atoms with E-state index in [1.54, 1.807) is 18.2 Å². The fourth-order valence-corrected chi connectivity index (χ4v) is 3.93. The first-order valence-electron chi connectivity index (χ1n) is 11.2. The first-order valence-corrected chi connectivity index (χ1v) is 11.2. The van der Waals surface area contributed by atoms with Crippen LogP contribution in [-0.4, -0.2) is 36.3 Å². The van der Waals surface area contributed by atoms with Gasteiger partial charge in [0.2, 0.25) is 11.2 Å². The van der Waals surface area contributed by atoms with Crippen molar-refractivity contribution in [2.75, 3.05) is 20.2 Å². The summed E-state index contributed by atoms with van der Waals surface area (Å²) in [6.07, 6.45) is 0.657. The van der Waals surface area contributed by atoms with Gasteiger partial charge in [-0.25, -0.2) is 0 Å². The van der Waals surface area contributed by atoms with E-state index in [1.165, 1.54) is 11.8 Å². The molecule has 0 bridgehead atoms. The van der Waals surface area contributed by atoms with Gasteiger partial charge in [-0.1, -0.05) is 36.4 Å². The van der Waals surface area contributed by atoms with Crippen molar-refractivity contribution < 1.29 is 19.0 Å². The van der Waals surface area contributed by atoms with E-state index >= 15 is 0 Å². The predicted molar refractivity (Wildman–Crippen MR) is 140 cm³/mol. The topological polar surface area (TPSA) is 72.1 Å². The Morgan fingerprint density at radius 1 is 0.971 bits per heavy atom. The van der Waals surface area contributed by atoms with E-state index < -0.39 is 6.10 Å². The summed E-state index contributed by atoms with van der Waals surface area (Å²) in [6.45, 7) is 5.29. The minimum atomic E-state index is -0.662. The summed E-state index contributed by atoms with van der Waals surface area (Å²) >= 11 is 0. The highest BCUT2D eigenvalue weighted by Crippen LogP contribution is 2.25. The second-order valence-corrected chi connectivity index (χ2v) is 8.66. The van der Waals surface area contributed by atoms with Crippen LogP contribution in [-0.2, 0) is 6.54 Å². The number of nitrogens with zero attached hydrogens (tertiary/aromatic N) is 1. The Morgan fingerprint density at radius 3 is 2.40 bits per heavy atom. The SMILES string of the molecule is Cc1cc(C)cc(Oc2coc3cc(OCC(O)CN(C)Cc4ccccc4)ccc3c2=O)c1.Cl. The fourth-order valence-electron chi connectivity index (χ4n) is 3.93. The van der Waals surface area contributed by atoms with Crippen LogP contribution in [0.3, 0.4) is 0 Å². The lowest BCUT2D eigenvalue weighted by Gasteiger charge is -2.21. The summed E-state index contributed by atoms with van der Waals surface area (Å²) in [5, 5.41) is 10.8. The summed E-state index contributed by atoms with van der Waals surface area (Å²) in [5.41, 5.74) is 3.43. The molecule has 6 nitrogen and oxygen atoms in total. The second-order valence-electron chi connectivity index (χ2n) is 8.66. The number of aliphatic hydroxyl groups excluding tert-OH is 1. The molecule has 0 spiro atoms. The molecule has 1 atom stereocenters. The van der Waals surface area contributed by atoms with Crippen molar-refractivity contribution in [2.45, 2.75) is 26.5 Å². The lowest BCUT2D eigenvalue weighted by atomic mass is 10.1. The van der Waals surface area contributed by atoms with Gasteiger partial charge in [0.1, 0.15) is 36.1 Å². The Balaban J connectivity index is 0.00000342. The van der Waals surface area contributed by atoms with Crippen molar-refractivity contribution in [3.05, 3.63) is 99.9 Å². The molecule has 0 amide bonds. The van der Waals surface area contributed by atoms with Crippen molar-refractivity contribution in [2.24, 2.45) is 0 Å². The maximum atomic E-state index is 12.9. The average molecular weight is 496 g/mol. The molecular formula is C28H30ClNO5. The summed E-state index contributed by atoms with van der Waals surface area (Å²) < 4.78 is 17.2. The van der Waals surface area contributed by atoms with Gasteiger partial charge in [0.25, 0.3) is 0 Å². The van der Waals surface area contributed by atoms with E-state index in [2.05, 4.69) is 12.1 Å². The Labute approximate surface area is 211 Å². The van der Waals surface area contributed by atoms with Crippen LogP contribution in [0.2, 0.25) is 0 Å². The standard InChI is InChI=1S/C28H29NO5.ClH/c1-19-11-20(2)13-24(12-19)34-27-18-33-26-14-23(9-10-25(26)28(27)31)32-17-22(30)16-29(3)15-21-7-5-4-6-8-21;/h4-14,18,22,30H,15-17H2,1-3H3;1H. The molecule has 1 N–H and O–H groups in total. The van der Waals surface area contributed by atoms with E-state index in [1.807, 2.05) is 62.2 Å². The molecule has 7 heteroatoms. The third kappa shape index (κ3) is 7.09. The van der Waals surface area contributed by atoms with Gasteiger partial charge in [-0.05, 0) is 61.9 Å². The lowest BCUT2D eigenvalue weighted by molar-refractivity contribution is 0.0744. The van der Waals surface area contributed by atoms with Gasteiger partial charge < -0.3 is 19.0 Å². The number of likely N-dealkylation sites (N-methyl/N-ethyl adjacent to an activating group) is 1. The lowest BCUT2D eigenvalue weighted by Crippen LogP contribution is -2.32. The first kappa shape index (κ1) is 26.3. The summed E-state index contributed by atoms with van der Waals surface area (Å²) in [7, 11) is 1.96. The monoisotopic (exact) mass is 495 g/mol. The van der Waals surface area contributed by atoms with Gasteiger partial charge >= 0.3 is 0 Å².